The van der Waals surface area contributed by atoms with Gasteiger partial charge < -0.3 is 29.4 Å². The van der Waals surface area contributed by atoms with E-state index in [0.717, 1.165) is 36.4 Å². The number of rotatable bonds is 11. The molecule has 44 heavy (non-hydrogen) atoms. The summed E-state index contributed by atoms with van der Waals surface area (Å²) in [5.41, 5.74) is -1.61. The van der Waals surface area contributed by atoms with Crippen molar-refractivity contribution in [2.75, 3.05) is 31.7 Å². The highest BCUT2D eigenvalue weighted by Crippen LogP contribution is 2.40. The Morgan fingerprint density at radius 1 is 1.05 bits per heavy atom. The number of amides is 2. The van der Waals surface area contributed by atoms with Gasteiger partial charge in [0.2, 0.25) is 0 Å². The first-order valence-electron chi connectivity index (χ1n) is 13.8. The zero-order valence-electron chi connectivity index (χ0n) is 24.3. The van der Waals surface area contributed by atoms with Crippen LogP contribution in [0.5, 0.6) is 11.5 Å². The van der Waals surface area contributed by atoms with Gasteiger partial charge in [-0.2, -0.15) is 0 Å². The molecule has 5 rings (SSSR count). The second kappa shape index (κ2) is 12.5. The molecule has 2 N–H and O–H groups in total. The number of aromatic nitrogens is 2. The lowest BCUT2D eigenvalue weighted by molar-refractivity contribution is -0.125. The van der Waals surface area contributed by atoms with Crippen LogP contribution in [-0.4, -0.2) is 55.7 Å². The molecule has 234 valence electrons. The largest absolute Gasteiger partial charge is 0.450 e. The summed E-state index contributed by atoms with van der Waals surface area (Å²) in [5.74, 6) is -4.62. The number of hydrogen-bond donors (Lipinski definition) is 2. The molecule has 0 spiro atoms. The van der Waals surface area contributed by atoms with Crippen LogP contribution >= 0.6 is 0 Å². The number of halogens is 5. The number of hydrogen-bond acceptors (Lipinski definition) is 5. The molecular weight excluding hydrogens is 603 g/mol. The topological polar surface area (TPSA) is 86.6 Å². The molecule has 14 heteroatoms. The number of anilines is 1. The predicted octanol–water partition coefficient (Wildman–Crippen LogP) is 7.22. The van der Waals surface area contributed by atoms with Gasteiger partial charge in [-0.05, 0) is 30.3 Å². The summed E-state index contributed by atoms with van der Waals surface area (Å²) in [6.45, 7) is 6.49. The Kier molecular flexibility index (Phi) is 8.95. The molecular formula is C30H31F5N4O4Si. The van der Waals surface area contributed by atoms with E-state index in [1.165, 1.54) is 18.5 Å². The van der Waals surface area contributed by atoms with E-state index in [1.807, 2.05) is 0 Å². The molecule has 4 aromatic rings. The van der Waals surface area contributed by atoms with E-state index in [2.05, 4.69) is 35.3 Å². The van der Waals surface area contributed by atoms with Gasteiger partial charge in [0.05, 0.1) is 25.1 Å². The van der Waals surface area contributed by atoms with Crippen molar-refractivity contribution in [2.24, 2.45) is 0 Å². The van der Waals surface area contributed by atoms with Gasteiger partial charge in [0, 0.05) is 56.0 Å². The van der Waals surface area contributed by atoms with Crippen LogP contribution in [0.2, 0.25) is 25.7 Å². The summed E-state index contributed by atoms with van der Waals surface area (Å²) in [6.07, 6.45) is 2.87. The maximum atomic E-state index is 15.2. The average Bonchev–Trinajstić information content (AvgIpc) is 3.31. The molecule has 0 aliphatic carbocycles. The number of alkyl halides is 1. The Labute approximate surface area is 251 Å². The number of nitrogens with zero attached hydrogens (tertiary/aromatic N) is 2. The van der Waals surface area contributed by atoms with Gasteiger partial charge in [-0.3, -0.25) is 0 Å². The number of fused-ring (bicyclic) bond motifs is 1. The number of ether oxygens (including phenoxy) is 3. The highest BCUT2D eigenvalue weighted by Gasteiger charge is 2.39. The number of pyridine rings is 1. The third-order valence-corrected chi connectivity index (χ3v) is 8.62. The second-order valence-electron chi connectivity index (χ2n) is 11.8. The summed E-state index contributed by atoms with van der Waals surface area (Å²) < 4.78 is 91.5. The molecule has 1 aliphatic rings. The normalized spacial score (nSPS) is 14.4. The van der Waals surface area contributed by atoms with E-state index in [0.29, 0.717) is 6.61 Å². The maximum absolute atomic E-state index is 15.2. The Bertz CT molecular complexity index is 1670. The van der Waals surface area contributed by atoms with Crippen molar-refractivity contribution in [1.82, 2.24) is 14.9 Å². The number of benzene rings is 2. The summed E-state index contributed by atoms with van der Waals surface area (Å²) in [7, 11) is -1.38. The summed E-state index contributed by atoms with van der Waals surface area (Å²) in [5, 5.41) is 4.71. The molecule has 2 aromatic carbocycles. The summed E-state index contributed by atoms with van der Waals surface area (Å²) in [6, 6.07) is 6.00. The van der Waals surface area contributed by atoms with Crippen LogP contribution in [-0.2, 0) is 16.2 Å². The van der Waals surface area contributed by atoms with Crippen molar-refractivity contribution >= 4 is 30.8 Å². The van der Waals surface area contributed by atoms with Crippen molar-refractivity contribution in [3.63, 3.8) is 0 Å². The van der Waals surface area contributed by atoms with Crippen molar-refractivity contribution in [3.8, 4) is 22.6 Å². The van der Waals surface area contributed by atoms with Crippen molar-refractivity contribution in [1.29, 1.82) is 0 Å². The number of carbonyl (C=O) groups excluding carboxylic acids is 1. The average molecular weight is 635 g/mol. The molecule has 8 nitrogen and oxygen atoms in total. The van der Waals surface area contributed by atoms with E-state index in [1.54, 1.807) is 4.57 Å². The van der Waals surface area contributed by atoms with Crippen molar-refractivity contribution in [3.05, 3.63) is 72.1 Å². The zero-order valence-corrected chi connectivity index (χ0v) is 25.3. The van der Waals surface area contributed by atoms with Gasteiger partial charge in [-0.25, -0.2) is 31.7 Å². The zero-order chi connectivity index (χ0) is 31.6. The third-order valence-electron chi connectivity index (χ3n) is 6.92. The summed E-state index contributed by atoms with van der Waals surface area (Å²) >= 11 is 0. The lowest BCUT2D eigenvalue weighted by Gasteiger charge is -2.33. The van der Waals surface area contributed by atoms with Gasteiger partial charge in [0.15, 0.2) is 23.1 Å². The van der Waals surface area contributed by atoms with Crippen LogP contribution in [0, 0.1) is 23.3 Å². The fourth-order valence-corrected chi connectivity index (χ4v) is 5.25. The number of urea groups is 1. The van der Waals surface area contributed by atoms with Crippen molar-refractivity contribution in [2.45, 2.75) is 38.1 Å². The molecule has 1 aliphatic heterocycles. The first-order valence-corrected chi connectivity index (χ1v) is 17.5. The Hall–Kier alpha value is -4.01. The first kappa shape index (κ1) is 31.4. The molecule has 0 bridgehead atoms. The van der Waals surface area contributed by atoms with Gasteiger partial charge in [0.1, 0.15) is 29.8 Å². The smallest absolute Gasteiger partial charge is 0.319 e. The van der Waals surface area contributed by atoms with Crippen LogP contribution in [0.3, 0.4) is 0 Å². The SMILES string of the molecule is C[Si](C)(C)CCOCn1cc(-c2cc(F)ccc2F)c2c(Oc3c(F)cc(NC(=O)NCC4(F)COC4)cc3F)ccnc21. The van der Waals surface area contributed by atoms with Crippen LogP contribution in [0.15, 0.2) is 48.8 Å². The fraction of sp³-hybridized carbons (Fsp3) is 0.333. The van der Waals surface area contributed by atoms with Gasteiger partial charge in [-0.1, -0.05) is 19.6 Å². The van der Waals surface area contributed by atoms with Crippen LogP contribution in [0.1, 0.15) is 0 Å². The summed E-state index contributed by atoms with van der Waals surface area (Å²) in [4.78, 5) is 16.5. The molecule has 1 saturated heterocycles. The Morgan fingerprint density at radius 3 is 2.43 bits per heavy atom. The lowest BCUT2D eigenvalue weighted by atomic mass is 10.0. The lowest BCUT2D eigenvalue weighted by Crippen LogP contribution is -2.54. The highest BCUT2D eigenvalue weighted by molar-refractivity contribution is 6.76. The Balaban J connectivity index is 1.44. The quantitative estimate of drug-likeness (QED) is 0.103. The van der Waals surface area contributed by atoms with Crippen molar-refractivity contribution < 1.29 is 41.0 Å². The second-order valence-corrected chi connectivity index (χ2v) is 17.4. The van der Waals surface area contributed by atoms with E-state index < -0.39 is 48.8 Å². The van der Waals surface area contributed by atoms with E-state index >= 15 is 8.78 Å². The van der Waals surface area contributed by atoms with Gasteiger partial charge in [-0.15, -0.1) is 0 Å². The number of carbonyl (C=O) groups is 1. The standard InChI is InChI=1S/C30H31F5N4O4Si/c1-44(2,3)9-8-41-17-39-13-21(20-10-18(31)4-5-22(20)32)26-25(6-7-36-28(26)39)43-27-23(33)11-19(12-24(27)34)38-29(40)37-14-30(35)15-42-16-30/h4-7,10-13H,8-9,14-17H2,1-3H3,(H2,37,38,40). The van der Waals surface area contributed by atoms with Crippen LogP contribution in [0.4, 0.5) is 32.4 Å². The fourth-order valence-electron chi connectivity index (χ4n) is 4.50. The predicted molar refractivity (Wildman–Crippen MR) is 157 cm³/mol. The minimum atomic E-state index is -1.69. The highest BCUT2D eigenvalue weighted by atomic mass is 28.3. The number of nitrogens with one attached hydrogen (secondary N) is 2. The maximum Gasteiger partial charge on any atom is 0.319 e. The Morgan fingerprint density at radius 2 is 1.77 bits per heavy atom. The minimum Gasteiger partial charge on any atom is -0.450 e. The first-order chi connectivity index (χ1) is 20.8. The molecule has 2 aromatic heterocycles. The molecule has 0 unspecified atom stereocenters. The third kappa shape index (κ3) is 7.19. The monoisotopic (exact) mass is 634 g/mol. The van der Waals surface area contributed by atoms with Gasteiger partial charge in [0.25, 0.3) is 0 Å². The molecule has 3 heterocycles. The van der Waals surface area contributed by atoms with E-state index in [4.69, 9.17) is 14.2 Å². The minimum absolute atomic E-state index is 0.0378. The van der Waals surface area contributed by atoms with Crippen LogP contribution < -0.4 is 15.4 Å². The molecule has 0 radical (unpaired) electrons. The van der Waals surface area contributed by atoms with Gasteiger partial charge >= 0.3 is 6.03 Å². The van der Waals surface area contributed by atoms with E-state index in [-0.39, 0.29) is 60.1 Å². The molecule has 1 fully saturated rings. The van der Waals surface area contributed by atoms with Crippen LogP contribution in [0.25, 0.3) is 22.2 Å². The molecule has 2 amide bonds. The van der Waals surface area contributed by atoms with E-state index in [9.17, 15) is 18.0 Å². The molecule has 0 saturated carbocycles. The molecule has 0 atom stereocenters.